The van der Waals surface area contributed by atoms with Crippen LogP contribution in [0.1, 0.15) is 23.2 Å². The number of carbonyl (C=O) groups is 3. The summed E-state index contributed by atoms with van der Waals surface area (Å²) in [5.41, 5.74) is 0.528. The molecule has 1 aliphatic heterocycles. The van der Waals surface area contributed by atoms with E-state index in [1.807, 2.05) is 6.07 Å². The summed E-state index contributed by atoms with van der Waals surface area (Å²) in [6, 6.07) is 8.76. The van der Waals surface area contributed by atoms with E-state index < -0.39 is 11.9 Å². The van der Waals surface area contributed by atoms with Crippen molar-refractivity contribution in [3.05, 3.63) is 35.9 Å². The molecule has 1 unspecified atom stereocenters. The minimum absolute atomic E-state index is 0.0416. The van der Waals surface area contributed by atoms with E-state index in [4.69, 9.17) is 5.11 Å². The van der Waals surface area contributed by atoms with Crippen molar-refractivity contribution in [3.8, 4) is 0 Å². The maximum absolute atomic E-state index is 12.3. The van der Waals surface area contributed by atoms with E-state index in [0.29, 0.717) is 24.9 Å². The second-order valence-corrected chi connectivity index (χ2v) is 5.54. The molecule has 1 aromatic carbocycles. The Kier molecular flexibility index (Phi) is 5.14. The number of hydrogen-bond acceptors (Lipinski definition) is 3. The first-order valence-corrected chi connectivity index (χ1v) is 7.30. The third-order valence-electron chi connectivity index (χ3n) is 3.86. The molecule has 118 valence electrons. The molecule has 0 aliphatic carbocycles. The molecule has 1 saturated heterocycles. The zero-order valence-electron chi connectivity index (χ0n) is 12.6. The summed E-state index contributed by atoms with van der Waals surface area (Å²) in [7, 11) is 1.58. The Morgan fingerprint density at radius 3 is 2.59 bits per heavy atom. The number of amides is 2. The Hall–Kier alpha value is -2.37. The fraction of sp³-hybridized carbons (Fsp3) is 0.438. The summed E-state index contributed by atoms with van der Waals surface area (Å²) in [6.45, 7) is 0.734. The summed E-state index contributed by atoms with van der Waals surface area (Å²) < 4.78 is 0. The molecule has 2 amide bonds. The number of carboxylic acid groups (broad SMARTS) is 1. The molecular formula is C16H20N2O4. The van der Waals surface area contributed by atoms with Crippen LogP contribution in [-0.4, -0.2) is 59.4 Å². The number of aliphatic carboxylic acids is 1. The second-order valence-electron chi connectivity index (χ2n) is 5.54. The number of likely N-dealkylation sites (N-methyl/N-ethyl adjacent to an activating group) is 1. The third kappa shape index (κ3) is 3.84. The SMILES string of the molecule is CN(CC(=O)N1CCCC(C(=O)O)C1)C(=O)c1ccccc1. The van der Waals surface area contributed by atoms with Crippen molar-refractivity contribution in [2.45, 2.75) is 12.8 Å². The summed E-state index contributed by atoms with van der Waals surface area (Å²) in [5.74, 6) is -1.81. The van der Waals surface area contributed by atoms with E-state index >= 15 is 0 Å². The summed E-state index contributed by atoms with van der Waals surface area (Å²) in [4.78, 5) is 38.4. The van der Waals surface area contributed by atoms with E-state index in [-0.39, 0.29) is 24.9 Å². The van der Waals surface area contributed by atoms with E-state index in [2.05, 4.69) is 0 Å². The van der Waals surface area contributed by atoms with Crippen molar-refractivity contribution < 1.29 is 19.5 Å². The first-order chi connectivity index (χ1) is 10.5. The fourth-order valence-electron chi connectivity index (χ4n) is 2.58. The average molecular weight is 304 g/mol. The lowest BCUT2D eigenvalue weighted by molar-refractivity contribution is -0.145. The Morgan fingerprint density at radius 2 is 1.95 bits per heavy atom. The fourth-order valence-corrected chi connectivity index (χ4v) is 2.58. The number of rotatable bonds is 4. The van der Waals surface area contributed by atoms with Crippen LogP contribution >= 0.6 is 0 Å². The molecule has 22 heavy (non-hydrogen) atoms. The van der Waals surface area contributed by atoms with Crippen molar-refractivity contribution >= 4 is 17.8 Å². The molecule has 1 aliphatic rings. The number of hydrogen-bond donors (Lipinski definition) is 1. The van der Waals surface area contributed by atoms with E-state index in [0.717, 1.165) is 0 Å². The van der Waals surface area contributed by atoms with Crippen molar-refractivity contribution in [1.82, 2.24) is 9.80 Å². The highest BCUT2D eigenvalue weighted by atomic mass is 16.4. The molecule has 1 atom stereocenters. The zero-order chi connectivity index (χ0) is 16.1. The van der Waals surface area contributed by atoms with Crippen LogP contribution in [-0.2, 0) is 9.59 Å². The van der Waals surface area contributed by atoms with Gasteiger partial charge in [0.1, 0.15) is 0 Å². The van der Waals surface area contributed by atoms with Gasteiger partial charge >= 0.3 is 5.97 Å². The smallest absolute Gasteiger partial charge is 0.308 e. The van der Waals surface area contributed by atoms with Gasteiger partial charge in [0, 0.05) is 25.7 Å². The van der Waals surface area contributed by atoms with Gasteiger partial charge in [-0.05, 0) is 25.0 Å². The lowest BCUT2D eigenvalue weighted by Crippen LogP contribution is -2.46. The third-order valence-corrected chi connectivity index (χ3v) is 3.86. The highest BCUT2D eigenvalue weighted by Crippen LogP contribution is 2.17. The Morgan fingerprint density at radius 1 is 1.27 bits per heavy atom. The molecule has 0 bridgehead atoms. The Labute approximate surface area is 129 Å². The summed E-state index contributed by atoms with van der Waals surface area (Å²) >= 11 is 0. The van der Waals surface area contributed by atoms with Crippen molar-refractivity contribution in [3.63, 3.8) is 0 Å². The molecule has 1 fully saturated rings. The molecule has 2 rings (SSSR count). The number of nitrogens with zero attached hydrogens (tertiary/aromatic N) is 2. The van der Waals surface area contributed by atoms with Gasteiger partial charge in [-0.3, -0.25) is 14.4 Å². The Balaban J connectivity index is 1.93. The van der Waals surface area contributed by atoms with Crippen LogP contribution in [0.4, 0.5) is 0 Å². The number of carboxylic acids is 1. The van der Waals surface area contributed by atoms with Gasteiger partial charge in [-0.15, -0.1) is 0 Å². The van der Waals surface area contributed by atoms with Gasteiger partial charge in [0.2, 0.25) is 5.91 Å². The number of likely N-dealkylation sites (tertiary alicyclic amines) is 1. The van der Waals surface area contributed by atoms with Gasteiger partial charge < -0.3 is 14.9 Å². The molecular weight excluding hydrogens is 284 g/mol. The van der Waals surface area contributed by atoms with E-state index in [1.165, 1.54) is 9.80 Å². The van der Waals surface area contributed by atoms with Gasteiger partial charge in [0.25, 0.3) is 5.91 Å². The van der Waals surface area contributed by atoms with Crippen LogP contribution in [0.3, 0.4) is 0 Å². The van der Waals surface area contributed by atoms with Crippen LogP contribution in [0.15, 0.2) is 30.3 Å². The quantitative estimate of drug-likeness (QED) is 0.903. The second kappa shape index (κ2) is 7.06. The van der Waals surface area contributed by atoms with Crippen LogP contribution < -0.4 is 0 Å². The van der Waals surface area contributed by atoms with Crippen LogP contribution in [0.25, 0.3) is 0 Å². The molecule has 1 heterocycles. The molecule has 1 aromatic rings. The van der Waals surface area contributed by atoms with E-state index in [9.17, 15) is 14.4 Å². The lowest BCUT2D eigenvalue weighted by atomic mass is 9.98. The number of carbonyl (C=O) groups excluding carboxylic acids is 2. The molecule has 6 nitrogen and oxygen atoms in total. The largest absolute Gasteiger partial charge is 0.481 e. The molecule has 0 spiro atoms. The van der Waals surface area contributed by atoms with E-state index in [1.54, 1.807) is 31.3 Å². The highest BCUT2D eigenvalue weighted by Gasteiger charge is 2.29. The summed E-state index contributed by atoms with van der Waals surface area (Å²) in [5, 5.41) is 9.05. The van der Waals surface area contributed by atoms with Crippen LogP contribution in [0.5, 0.6) is 0 Å². The van der Waals surface area contributed by atoms with Gasteiger partial charge in [-0.25, -0.2) is 0 Å². The topological polar surface area (TPSA) is 77.9 Å². The van der Waals surface area contributed by atoms with Crippen molar-refractivity contribution in [2.24, 2.45) is 5.92 Å². The van der Waals surface area contributed by atoms with Crippen molar-refractivity contribution in [2.75, 3.05) is 26.7 Å². The predicted octanol–water partition coefficient (Wildman–Crippen LogP) is 1.08. The van der Waals surface area contributed by atoms with Gasteiger partial charge in [0.05, 0.1) is 12.5 Å². The maximum Gasteiger partial charge on any atom is 0.308 e. The first-order valence-electron chi connectivity index (χ1n) is 7.30. The molecule has 0 saturated carbocycles. The van der Waals surface area contributed by atoms with Gasteiger partial charge in [-0.2, -0.15) is 0 Å². The lowest BCUT2D eigenvalue weighted by Gasteiger charge is -2.32. The highest BCUT2D eigenvalue weighted by molar-refractivity contribution is 5.96. The monoisotopic (exact) mass is 304 g/mol. The minimum atomic E-state index is -0.869. The predicted molar refractivity (Wildman–Crippen MR) is 80.3 cm³/mol. The van der Waals surface area contributed by atoms with Gasteiger partial charge in [0.15, 0.2) is 0 Å². The first kappa shape index (κ1) is 16.0. The van der Waals surface area contributed by atoms with Gasteiger partial charge in [-0.1, -0.05) is 18.2 Å². The standard InChI is InChI=1S/C16H20N2O4/c1-17(15(20)12-6-3-2-4-7-12)11-14(19)18-9-5-8-13(10-18)16(21)22/h2-4,6-7,13H,5,8-11H2,1H3,(H,21,22). The normalized spacial score (nSPS) is 17.9. The minimum Gasteiger partial charge on any atom is -0.481 e. The maximum atomic E-state index is 12.3. The van der Waals surface area contributed by atoms with Crippen LogP contribution in [0.2, 0.25) is 0 Å². The summed E-state index contributed by atoms with van der Waals surface area (Å²) in [6.07, 6.45) is 1.27. The molecule has 0 radical (unpaired) electrons. The molecule has 6 heteroatoms. The number of piperidine rings is 1. The zero-order valence-corrected chi connectivity index (χ0v) is 12.6. The molecule has 1 N–H and O–H groups in total. The van der Waals surface area contributed by atoms with Crippen LogP contribution in [0, 0.1) is 5.92 Å². The van der Waals surface area contributed by atoms with Crippen molar-refractivity contribution in [1.29, 1.82) is 0 Å². The number of benzene rings is 1. The molecule has 0 aromatic heterocycles. The Bertz CT molecular complexity index is 559. The average Bonchev–Trinajstić information content (AvgIpc) is 2.54.